The second-order valence-electron chi connectivity index (χ2n) is 3.10. The molecule has 0 amide bonds. The average Bonchev–Trinajstić information content (AvgIpc) is 2.70. The number of aromatic nitrogens is 2. The van der Waals surface area contributed by atoms with Gasteiger partial charge in [-0.25, -0.2) is 4.68 Å². The Hall–Kier alpha value is -1.32. The van der Waals surface area contributed by atoms with Crippen LogP contribution in [0.25, 0.3) is 5.69 Å². The first kappa shape index (κ1) is 11.2. The summed E-state index contributed by atoms with van der Waals surface area (Å²) in [7, 11) is 0. The molecule has 0 saturated heterocycles. The van der Waals surface area contributed by atoms with Gasteiger partial charge in [0.15, 0.2) is 0 Å². The Morgan fingerprint density at radius 1 is 1.31 bits per heavy atom. The third-order valence-electron chi connectivity index (χ3n) is 2.01. The molecule has 82 valence electrons. The van der Waals surface area contributed by atoms with E-state index < -0.39 is 0 Å². The summed E-state index contributed by atoms with van der Waals surface area (Å²) in [6.45, 7) is 1.84. The fourth-order valence-electron chi connectivity index (χ4n) is 1.40. The van der Waals surface area contributed by atoms with E-state index in [9.17, 15) is 0 Å². The maximum atomic E-state index is 6.14. The van der Waals surface area contributed by atoms with E-state index in [-0.39, 0.29) is 0 Å². The Morgan fingerprint density at radius 2 is 2.00 bits per heavy atom. The van der Waals surface area contributed by atoms with Crippen LogP contribution in [0.4, 0.5) is 5.69 Å². The van der Waals surface area contributed by atoms with Crippen molar-refractivity contribution < 1.29 is 0 Å². The molecule has 2 rings (SSSR count). The molecule has 0 aliphatic heterocycles. The van der Waals surface area contributed by atoms with Crippen molar-refractivity contribution in [2.75, 3.05) is 0 Å². The highest BCUT2D eigenvalue weighted by Crippen LogP contribution is 2.32. The fourth-order valence-corrected chi connectivity index (χ4v) is 2.04. The van der Waals surface area contributed by atoms with Crippen molar-refractivity contribution in [1.29, 1.82) is 0 Å². The summed E-state index contributed by atoms with van der Waals surface area (Å²) in [6, 6.07) is 5.32. The van der Waals surface area contributed by atoms with Gasteiger partial charge in [-0.3, -0.25) is 4.99 Å². The van der Waals surface area contributed by atoms with Crippen LogP contribution in [0.3, 0.4) is 0 Å². The number of nitrogens with zero attached hydrogens (tertiary/aromatic N) is 3. The molecular weight excluding hydrogens is 245 g/mol. The third-order valence-corrected chi connectivity index (χ3v) is 2.59. The molecule has 0 bridgehead atoms. The van der Waals surface area contributed by atoms with Gasteiger partial charge in [-0.2, -0.15) is 5.10 Å². The lowest BCUT2D eigenvalue weighted by Gasteiger charge is -2.07. The summed E-state index contributed by atoms with van der Waals surface area (Å²) >= 11 is 12.3. The van der Waals surface area contributed by atoms with Crippen LogP contribution in [0.1, 0.15) is 6.92 Å². The lowest BCUT2D eigenvalue weighted by Crippen LogP contribution is -1.96. The molecule has 0 N–H and O–H groups in total. The lowest BCUT2D eigenvalue weighted by molar-refractivity contribution is 0.881. The minimum absolute atomic E-state index is 0.525. The molecule has 0 atom stereocenters. The second-order valence-corrected chi connectivity index (χ2v) is 3.91. The van der Waals surface area contributed by atoms with E-state index in [4.69, 9.17) is 23.2 Å². The first-order valence-electron chi connectivity index (χ1n) is 4.70. The quantitative estimate of drug-likeness (QED) is 0.747. The molecule has 0 unspecified atom stereocenters. The van der Waals surface area contributed by atoms with Gasteiger partial charge in [-0.05, 0) is 25.1 Å². The molecule has 0 aliphatic carbocycles. The normalized spacial score (nSPS) is 11.2. The van der Waals surface area contributed by atoms with E-state index in [2.05, 4.69) is 10.1 Å². The molecule has 0 saturated carbocycles. The van der Waals surface area contributed by atoms with Crippen LogP contribution >= 0.6 is 23.2 Å². The SMILES string of the molecule is C/C=N\c1cc(Cl)c(-n2cccn2)c(Cl)c1. The summed E-state index contributed by atoms with van der Waals surface area (Å²) in [5, 5.41) is 5.14. The molecule has 0 fully saturated rings. The van der Waals surface area contributed by atoms with Crippen LogP contribution in [0, 0.1) is 0 Å². The van der Waals surface area contributed by atoms with Crippen LogP contribution in [0.5, 0.6) is 0 Å². The lowest BCUT2D eigenvalue weighted by atomic mass is 10.3. The zero-order valence-electron chi connectivity index (χ0n) is 8.56. The Kier molecular flexibility index (Phi) is 3.27. The third kappa shape index (κ3) is 2.10. The Balaban J connectivity index is 2.56. The number of halogens is 2. The molecule has 2 aromatic rings. The molecule has 3 nitrogen and oxygen atoms in total. The molecule has 16 heavy (non-hydrogen) atoms. The predicted octanol–water partition coefficient (Wildman–Crippen LogP) is 3.90. The van der Waals surface area contributed by atoms with Gasteiger partial charge in [-0.1, -0.05) is 23.2 Å². The summed E-state index contributed by atoms with van der Waals surface area (Å²) < 4.78 is 1.63. The number of hydrogen-bond acceptors (Lipinski definition) is 2. The molecule has 0 aliphatic rings. The van der Waals surface area contributed by atoms with Crippen molar-refractivity contribution >= 4 is 35.1 Å². The maximum absolute atomic E-state index is 6.14. The van der Waals surface area contributed by atoms with Gasteiger partial charge in [0, 0.05) is 18.6 Å². The average molecular weight is 254 g/mol. The van der Waals surface area contributed by atoms with Crippen molar-refractivity contribution in [3.8, 4) is 5.69 Å². The molecule has 5 heteroatoms. The summed E-state index contributed by atoms with van der Waals surface area (Å²) in [4.78, 5) is 4.13. The van der Waals surface area contributed by atoms with Gasteiger partial charge in [0.25, 0.3) is 0 Å². The number of aliphatic imine (C=N–C) groups is 1. The smallest absolute Gasteiger partial charge is 0.102 e. The van der Waals surface area contributed by atoms with E-state index in [1.54, 1.807) is 35.4 Å². The van der Waals surface area contributed by atoms with E-state index in [0.29, 0.717) is 15.7 Å². The van der Waals surface area contributed by atoms with Crippen LogP contribution in [0.15, 0.2) is 35.6 Å². The topological polar surface area (TPSA) is 30.2 Å². The zero-order chi connectivity index (χ0) is 11.5. The minimum atomic E-state index is 0.525. The molecule has 1 aromatic carbocycles. The fraction of sp³-hybridized carbons (Fsp3) is 0.0909. The summed E-state index contributed by atoms with van der Waals surface area (Å²) in [6.07, 6.45) is 5.15. The van der Waals surface area contributed by atoms with Crippen LogP contribution in [-0.2, 0) is 0 Å². The monoisotopic (exact) mass is 253 g/mol. The number of benzene rings is 1. The van der Waals surface area contributed by atoms with Crippen LogP contribution < -0.4 is 0 Å². The van der Waals surface area contributed by atoms with Crippen molar-refractivity contribution in [2.24, 2.45) is 4.99 Å². The maximum Gasteiger partial charge on any atom is 0.102 e. The number of rotatable bonds is 2. The Bertz CT molecular complexity index is 495. The standard InChI is InChI=1S/C11H9Cl2N3/c1-2-14-8-6-9(12)11(10(13)7-8)16-5-3-4-15-16/h2-7H,1H3/b14-2-. The Labute approximate surface area is 103 Å². The van der Waals surface area contributed by atoms with E-state index >= 15 is 0 Å². The Morgan fingerprint density at radius 3 is 2.50 bits per heavy atom. The first-order valence-corrected chi connectivity index (χ1v) is 5.45. The van der Waals surface area contributed by atoms with Crippen molar-refractivity contribution in [1.82, 2.24) is 9.78 Å². The van der Waals surface area contributed by atoms with Crippen molar-refractivity contribution in [3.05, 3.63) is 40.6 Å². The molecular formula is C11H9Cl2N3. The van der Waals surface area contributed by atoms with Gasteiger partial charge in [0.05, 0.1) is 15.7 Å². The molecule has 0 spiro atoms. The molecule has 1 aromatic heterocycles. The van der Waals surface area contributed by atoms with E-state index in [1.165, 1.54) is 0 Å². The largest absolute Gasteiger partial charge is 0.261 e. The van der Waals surface area contributed by atoms with E-state index in [0.717, 1.165) is 5.69 Å². The molecule has 0 radical (unpaired) electrons. The highest BCUT2D eigenvalue weighted by atomic mass is 35.5. The van der Waals surface area contributed by atoms with Crippen molar-refractivity contribution in [3.63, 3.8) is 0 Å². The van der Waals surface area contributed by atoms with E-state index in [1.807, 2.05) is 13.0 Å². The zero-order valence-corrected chi connectivity index (χ0v) is 10.1. The van der Waals surface area contributed by atoms with Gasteiger partial charge in [0.1, 0.15) is 5.69 Å². The van der Waals surface area contributed by atoms with Gasteiger partial charge in [0.2, 0.25) is 0 Å². The highest BCUT2D eigenvalue weighted by molar-refractivity contribution is 6.38. The van der Waals surface area contributed by atoms with Crippen molar-refractivity contribution in [2.45, 2.75) is 6.92 Å². The van der Waals surface area contributed by atoms with Crippen LogP contribution in [0.2, 0.25) is 10.0 Å². The van der Waals surface area contributed by atoms with Gasteiger partial charge < -0.3 is 0 Å². The summed E-state index contributed by atoms with van der Waals surface area (Å²) in [5.41, 5.74) is 1.40. The highest BCUT2D eigenvalue weighted by Gasteiger charge is 2.09. The summed E-state index contributed by atoms with van der Waals surface area (Å²) in [5.74, 6) is 0. The minimum Gasteiger partial charge on any atom is -0.261 e. The second kappa shape index (κ2) is 4.68. The molecule has 1 heterocycles. The van der Waals surface area contributed by atoms with Gasteiger partial charge in [-0.15, -0.1) is 0 Å². The first-order chi connectivity index (χ1) is 7.72. The number of hydrogen-bond donors (Lipinski definition) is 0. The predicted molar refractivity (Wildman–Crippen MR) is 67.4 cm³/mol. The van der Waals surface area contributed by atoms with Gasteiger partial charge >= 0.3 is 0 Å². The van der Waals surface area contributed by atoms with Crippen LogP contribution in [-0.4, -0.2) is 16.0 Å².